The number of carbonyl (C=O) groups is 1. The van der Waals surface area contributed by atoms with Crippen LogP contribution in [-0.2, 0) is 9.53 Å². The standard InChI is InChI=1S/C11H18N2O2/c1-4-5-7-15-8-6-13-10(14)11(2,3)9-12/h4H,1,5-8H2,2-3H3,(H,13,14). The third-order valence-electron chi connectivity index (χ3n) is 1.85. The Morgan fingerprint density at radius 3 is 2.80 bits per heavy atom. The molecule has 0 aliphatic heterocycles. The minimum absolute atomic E-state index is 0.266. The highest BCUT2D eigenvalue weighted by molar-refractivity contribution is 5.84. The smallest absolute Gasteiger partial charge is 0.239 e. The first-order valence-corrected chi connectivity index (χ1v) is 4.93. The van der Waals surface area contributed by atoms with Gasteiger partial charge in [0, 0.05) is 6.54 Å². The molecule has 1 amide bonds. The second-order valence-electron chi connectivity index (χ2n) is 3.68. The topological polar surface area (TPSA) is 62.1 Å². The van der Waals surface area contributed by atoms with Gasteiger partial charge in [-0.1, -0.05) is 6.08 Å². The average molecular weight is 210 g/mol. The van der Waals surface area contributed by atoms with Gasteiger partial charge < -0.3 is 10.1 Å². The highest BCUT2D eigenvalue weighted by atomic mass is 16.5. The zero-order chi connectivity index (χ0) is 11.7. The molecule has 4 nitrogen and oxygen atoms in total. The first-order chi connectivity index (χ1) is 7.04. The minimum Gasteiger partial charge on any atom is -0.379 e. The van der Waals surface area contributed by atoms with E-state index < -0.39 is 5.41 Å². The number of hydrogen-bond donors (Lipinski definition) is 1. The fourth-order valence-corrected chi connectivity index (χ4v) is 0.777. The van der Waals surface area contributed by atoms with Crippen molar-refractivity contribution >= 4 is 5.91 Å². The van der Waals surface area contributed by atoms with Gasteiger partial charge in [0.1, 0.15) is 5.41 Å². The maximum atomic E-state index is 11.4. The lowest BCUT2D eigenvalue weighted by atomic mass is 9.95. The van der Waals surface area contributed by atoms with Crippen molar-refractivity contribution in [3.8, 4) is 6.07 Å². The Morgan fingerprint density at radius 1 is 1.60 bits per heavy atom. The molecule has 15 heavy (non-hydrogen) atoms. The largest absolute Gasteiger partial charge is 0.379 e. The summed E-state index contributed by atoms with van der Waals surface area (Å²) in [6.45, 7) is 8.24. The van der Waals surface area contributed by atoms with Crippen LogP contribution in [0.25, 0.3) is 0 Å². The van der Waals surface area contributed by atoms with Crippen LogP contribution in [0.1, 0.15) is 20.3 Å². The molecule has 0 atom stereocenters. The molecule has 0 aliphatic rings. The predicted octanol–water partition coefficient (Wildman–Crippen LogP) is 1.25. The van der Waals surface area contributed by atoms with Crippen LogP contribution in [0.5, 0.6) is 0 Å². The van der Waals surface area contributed by atoms with Gasteiger partial charge in [0.05, 0.1) is 19.3 Å². The number of hydrogen-bond acceptors (Lipinski definition) is 3. The van der Waals surface area contributed by atoms with Crippen LogP contribution in [0.15, 0.2) is 12.7 Å². The summed E-state index contributed by atoms with van der Waals surface area (Å²) in [5.41, 5.74) is -0.971. The highest BCUT2D eigenvalue weighted by Gasteiger charge is 2.26. The summed E-state index contributed by atoms with van der Waals surface area (Å²) >= 11 is 0. The van der Waals surface area contributed by atoms with Crippen LogP contribution in [0.2, 0.25) is 0 Å². The molecule has 1 N–H and O–H groups in total. The van der Waals surface area contributed by atoms with Gasteiger partial charge in [-0.15, -0.1) is 6.58 Å². The van der Waals surface area contributed by atoms with E-state index in [2.05, 4.69) is 11.9 Å². The second-order valence-corrected chi connectivity index (χ2v) is 3.68. The van der Waals surface area contributed by atoms with Crippen molar-refractivity contribution in [1.82, 2.24) is 5.32 Å². The molecule has 0 saturated carbocycles. The molecule has 0 rings (SSSR count). The Balaban J connectivity index is 3.57. The van der Waals surface area contributed by atoms with Gasteiger partial charge in [-0.3, -0.25) is 4.79 Å². The van der Waals surface area contributed by atoms with E-state index in [9.17, 15) is 4.79 Å². The van der Waals surface area contributed by atoms with Crippen molar-refractivity contribution < 1.29 is 9.53 Å². The molecule has 0 bridgehead atoms. The van der Waals surface area contributed by atoms with Gasteiger partial charge in [-0.05, 0) is 20.3 Å². The van der Waals surface area contributed by atoms with Crippen molar-refractivity contribution in [3.05, 3.63) is 12.7 Å². The lowest BCUT2D eigenvalue weighted by Gasteiger charge is -2.14. The summed E-state index contributed by atoms with van der Waals surface area (Å²) in [6, 6.07) is 1.94. The number of nitrogens with one attached hydrogen (secondary N) is 1. The lowest BCUT2D eigenvalue weighted by Crippen LogP contribution is -2.37. The van der Waals surface area contributed by atoms with E-state index in [0.717, 1.165) is 6.42 Å². The summed E-state index contributed by atoms with van der Waals surface area (Å²) in [4.78, 5) is 11.4. The van der Waals surface area contributed by atoms with E-state index in [1.54, 1.807) is 19.9 Å². The Kier molecular flexibility index (Phi) is 6.39. The predicted molar refractivity (Wildman–Crippen MR) is 58.0 cm³/mol. The third kappa shape index (κ3) is 5.87. The third-order valence-corrected chi connectivity index (χ3v) is 1.85. The van der Waals surface area contributed by atoms with Crippen LogP contribution < -0.4 is 5.32 Å². The van der Waals surface area contributed by atoms with Crippen molar-refractivity contribution in [1.29, 1.82) is 5.26 Å². The average Bonchev–Trinajstić information content (AvgIpc) is 2.22. The van der Waals surface area contributed by atoms with Gasteiger partial charge in [0.25, 0.3) is 0 Å². The van der Waals surface area contributed by atoms with Gasteiger partial charge in [-0.2, -0.15) is 5.26 Å². The highest BCUT2D eigenvalue weighted by Crippen LogP contribution is 2.12. The maximum Gasteiger partial charge on any atom is 0.239 e. The molecular weight excluding hydrogens is 192 g/mol. The number of nitrogens with zero attached hydrogens (tertiary/aromatic N) is 1. The zero-order valence-electron chi connectivity index (χ0n) is 9.38. The fourth-order valence-electron chi connectivity index (χ4n) is 0.777. The van der Waals surface area contributed by atoms with Crippen LogP contribution in [0.3, 0.4) is 0 Å². The summed E-state index contributed by atoms with van der Waals surface area (Å²) < 4.78 is 5.20. The first kappa shape index (κ1) is 13.7. The number of carbonyl (C=O) groups excluding carboxylic acids is 1. The van der Waals surface area contributed by atoms with Gasteiger partial charge in [0.2, 0.25) is 5.91 Å². The molecule has 0 aromatic carbocycles. The molecule has 0 saturated heterocycles. The summed E-state index contributed by atoms with van der Waals surface area (Å²) in [7, 11) is 0. The molecular formula is C11H18N2O2. The molecule has 0 aromatic heterocycles. The van der Waals surface area contributed by atoms with E-state index >= 15 is 0 Å². The molecule has 0 aromatic rings. The molecule has 0 radical (unpaired) electrons. The van der Waals surface area contributed by atoms with E-state index in [4.69, 9.17) is 10.00 Å². The molecule has 0 unspecified atom stereocenters. The van der Waals surface area contributed by atoms with Crippen molar-refractivity contribution in [2.45, 2.75) is 20.3 Å². The van der Waals surface area contributed by atoms with E-state index in [0.29, 0.717) is 19.8 Å². The van der Waals surface area contributed by atoms with Gasteiger partial charge >= 0.3 is 0 Å². The van der Waals surface area contributed by atoms with Crippen LogP contribution in [0, 0.1) is 16.7 Å². The summed E-state index contributed by atoms with van der Waals surface area (Å²) in [6.07, 6.45) is 2.58. The second kappa shape index (κ2) is 7.02. The number of amides is 1. The van der Waals surface area contributed by atoms with Crippen LogP contribution in [-0.4, -0.2) is 25.7 Å². The number of nitriles is 1. The van der Waals surface area contributed by atoms with Gasteiger partial charge in [0.15, 0.2) is 0 Å². The number of ether oxygens (including phenoxy) is 1. The number of rotatable bonds is 7. The van der Waals surface area contributed by atoms with E-state index in [1.807, 2.05) is 6.07 Å². The monoisotopic (exact) mass is 210 g/mol. The van der Waals surface area contributed by atoms with Gasteiger partial charge in [-0.25, -0.2) is 0 Å². The van der Waals surface area contributed by atoms with E-state index in [-0.39, 0.29) is 5.91 Å². The van der Waals surface area contributed by atoms with Crippen molar-refractivity contribution in [2.75, 3.05) is 19.8 Å². The Hall–Kier alpha value is -1.34. The molecule has 84 valence electrons. The molecule has 0 heterocycles. The molecule has 0 aliphatic carbocycles. The maximum absolute atomic E-state index is 11.4. The quantitative estimate of drug-likeness (QED) is 0.508. The fraction of sp³-hybridized carbons (Fsp3) is 0.636. The van der Waals surface area contributed by atoms with Crippen LogP contribution >= 0.6 is 0 Å². The van der Waals surface area contributed by atoms with Crippen molar-refractivity contribution in [2.24, 2.45) is 5.41 Å². The normalized spacial score (nSPS) is 10.5. The van der Waals surface area contributed by atoms with E-state index in [1.165, 1.54) is 0 Å². The molecule has 0 fully saturated rings. The summed E-state index contributed by atoms with van der Waals surface area (Å²) in [5.74, 6) is -0.266. The molecule has 0 spiro atoms. The summed E-state index contributed by atoms with van der Waals surface area (Å²) in [5, 5.41) is 11.3. The van der Waals surface area contributed by atoms with Crippen LogP contribution in [0.4, 0.5) is 0 Å². The zero-order valence-corrected chi connectivity index (χ0v) is 9.38. The minimum atomic E-state index is -0.971. The Morgan fingerprint density at radius 2 is 2.27 bits per heavy atom. The first-order valence-electron chi connectivity index (χ1n) is 4.93. The molecule has 4 heteroatoms. The Labute approximate surface area is 90.9 Å². The SMILES string of the molecule is C=CCCOCCNC(=O)C(C)(C)C#N. The Bertz CT molecular complexity index is 254. The van der Waals surface area contributed by atoms with Crippen molar-refractivity contribution in [3.63, 3.8) is 0 Å². The lowest BCUT2D eigenvalue weighted by molar-refractivity contribution is -0.127.